The molecule has 9 nitrogen and oxygen atoms in total. The monoisotopic (exact) mass is 473 g/mol. The number of halogens is 1. The number of aliphatic hydroxyl groups is 1. The number of hydrogen-bond donors (Lipinski definition) is 4. The highest BCUT2D eigenvalue weighted by molar-refractivity contribution is 9.10. The second-order valence-corrected chi connectivity index (χ2v) is 8.49. The fourth-order valence-corrected chi connectivity index (χ4v) is 3.59. The molecule has 11 heteroatoms. The van der Waals surface area contributed by atoms with Crippen LogP contribution >= 0.6 is 15.9 Å². The zero-order valence-corrected chi connectivity index (χ0v) is 18.0. The van der Waals surface area contributed by atoms with E-state index in [0.29, 0.717) is 21.9 Å². The largest absolute Gasteiger partial charge is 0.394 e. The van der Waals surface area contributed by atoms with Crippen LogP contribution in [0.2, 0.25) is 0 Å². The third kappa shape index (κ3) is 6.38. The number of methoxy groups -OCH3 is 1. The molecule has 0 aliphatic carbocycles. The van der Waals surface area contributed by atoms with Crippen molar-refractivity contribution in [1.29, 1.82) is 0 Å². The van der Waals surface area contributed by atoms with Crippen LogP contribution < -0.4 is 15.4 Å². The first-order chi connectivity index (χ1) is 13.4. The highest BCUT2D eigenvalue weighted by Crippen LogP contribution is 2.24. The molecule has 4 N–H and O–H groups in total. The Labute approximate surface area is 173 Å². The lowest BCUT2D eigenvalue weighted by molar-refractivity contribution is 0.204. The molecule has 0 spiro atoms. The summed E-state index contributed by atoms with van der Waals surface area (Å²) in [6, 6.07) is 6.21. The first kappa shape index (κ1) is 22.5. The molecular weight excluding hydrogens is 450 g/mol. The zero-order chi connectivity index (χ0) is 20.6. The summed E-state index contributed by atoms with van der Waals surface area (Å²) < 4.78 is 32.6. The third-order valence-electron chi connectivity index (χ3n) is 3.80. The van der Waals surface area contributed by atoms with Crippen molar-refractivity contribution in [3.05, 3.63) is 34.9 Å². The van der Waals surface area contributed by atoms with Crippen molar-refractivity contribution in [3.63, 3.8) is 0 Å². The Hall–Kier alpha value is -1.79. The van der Waals surface area contributed by atoms with Crippen molar-refractivity contribution in [1.82, 2.24) is 14.7 Å². The van der Waals surface area contributed by atoms with Gasteiger partial charge in [0.15, 0.2) is 0 Å². The number of aromatic nitrogens is 2. The minimum absolute atomic E-state index is 0.0221. The van der Waals surface area contributed by atoms with Crippen LogP contribution in [0.5, 0.6) is 0 Å². The van der Waals surface area contributed by atoms with Gasteiger partial charge in [-0.3, -0.25) is 0 Å². The van der Waals surface area contributed by atoms with E-state index in [1.54, 1.807) is 18.3 Å². The summed E-state index contributed by atoms with van der Waals surface area (Å²) in [5.41, 5.74) is 0.525. The van der Waals surface area contributed by atoms with E-state index in [1.165, 1.54) is 19.2 Å². The van der Waals surface area contributed by atoms with E-state index in [4.69, 9.17) is 4.74 Å². The Morgan fingerprint density at radius 2 is 2.14 bits per heavy atom. The predicted octanol–water partition coefficient (Wildman–Crippen LogP) is 2.09. The molecule has 1 aromatic carbocycles. The summed E-state index contributed by atoms with van der Waals surface area (Å²) in [6.45, 7) is 2.40. The van der Waals surface area contributed by atoms with E-state index in [-0.39, 0.29) is 30.7 Å². The number of hydrogen-bond acceptors (Lipinski definition) is 8. The van der Waals surface area contributed by atoms with Crippen LogP contribution in [-0.4, -0.2) is 56.4 Å². The minimum atomic E-state index is -3.64. The number of benzene rings is 1. The molecular formula is C17H24BrN5O4S. The lowest BCUT2D eigenvalue weighted by Crippen LogP contribution is -2.27. The molecule has 0 saturated carbocycles. The number of aliphatic hydroxyl groups excluding tert-OH is 1. The Kier molecular flexibility index (Phi) is 8.58. The molecule has 1 atom stereocenters. The van der Waals surface area contributed by atoms with Gasteiger partial charge in [0.1, 0.15) is 5.82 Å². The zero-order valence-electron chi connectivity index (χ0n) is 15.6. The van der Waals surface area contributed by atoms with E-state index in [0.717, 1.165) is 6.42 Å². The predicted molar refractivity (Wildman–Crippen MR) is 111 cm³/mol. The quantitative estimate of drug-likeness (QED) is 0.365. The van der Waals surface area contributed by atoms with Crippen LogP contribution in [0.15, 0.2) is 39.8 Å². The van der Waals surface area contributed by atoms with Gasteiger partial charge in [-0.15, -0.1) is 0 Å². The molecule has 0 unspecified atom stereocenters. The van der Waals surface area contributed by atoms with Crippen molar-refractivity contribution in [2.24, 2.45) is 0 Å². The first-order valence-corrected chi connectivity index (χ1v) is 10.9. The van der Waals surface area contributed by atoms with Crippen LogP contribution in [0.1, 0.15) is 13.3 Å². The molecule has 0 amide bonds. The Bertz CT molecular complexity index is 878. The van der Waals surface area contributed by atoms with Gasteiger partial charge in [0, 0.05) is 25.5 Å². The van der Waals surface area contributed by atoms with Crippen LogP contribution in [0.3, 0.4) is 0 Å². The number of rotatable bonds is 11. The van der Waals surface area contributed by atoms with Gasteiger partial charge in [-0.1, -0.05) is 13.0 Å². The average molecular weight is 474 g/mol. The molecule has 0 aliphatic rings. The molecule has 2 aromatic rings. The van der Waals surface area contributed by atoms with Gasteiger partial charge in [0.2, 0.25) is 16.0 Å². The second kappa shape index (κ2) is 10.7. The van der Waals surface area contributed by atoms with E-state index in [1.807, 2.05) is 6.92 Å². The molecule has 28 heavy (non-hydrogen) atoms. The van der Waals surface area contributed by atoms with Gasteiger partial charge in [-0.25, -0.2) is 18.1 Å². The molecule has 0 radical (unpaired) electrons. The van der Waals surface area contributed by atoms with Gasteiger partial charge in [0.05, 0.1) is 28.6 Å². The number of nitrogens with zero attached hydrogens (tertiary/aromatic N) is 2. The summed E-state index contributed by atoms with van der Waals surface area (Å²) in [4.78, 5) is 8.70. The molecule has 0 saturated heterocycles. The van der Waals surface area contributed by atoms with Gasteiger partial charge < -0.3 is 20.5 Å². The van der Waals surface area contributed by atoms with Crippen LogP contribution in [0, 0.1) is 0 Å². The van der Waals surface area contributed by atoms with Crippen molar-refractivity contribution >= 4 is 43.4 Å². The highest BCUT2D eigenvalue weighted by atomic mass is 79.9. The Balaban J connectivity index is 2.18. The lowest BCUT2D eigenvalue weighted by atomic mass is 10.2. The molecule has 154 valence electrons. The fraction of sp³-hybridized carbons (Fsp3) is 0.412. The number of nitrogens with one attached hydrogen (secondary N) is 3. The maximum absolute atomic E-state index is 12.3. The summed E-state index contributed by atoms with van der Waals surface area (Å²) in [6.07, 6.45) is 2.31. The SMILES string of the molecule is CC[C@H](CO)Nc1nc(Nc2cccc(S(=O)(=O)NCCOC)c2)ncc1Br. The lowest BCUT2D eigenvalue weighted by Gasteiger charge is -2.16. The molecule has 1 aromatic heterocycles. The van der Waals surface area contributed by atoms with Gasteiger partial charge >= 0.3 is 0 Å². The van der Waals surface area contributed by atoms with Crippen molar-refractivity contribution in [3.8, 4) is 0 Å². The van der Waals surface area contributed by atoms with Gasteiger partial charge in [0.25, 0.3) is 0 Å². The fourth-order valence-electron chi connectivity index (χ4n) is 2.23. The third-order valence-corrected chi connectivity index (χ3v) is 5.84. The second-order valence-electron chi connectivity index (χ2n) is 5.87. The average Bonchev–Trinajstić information content (AvgIpc) is 2.68. The van der Waals surface area contributed by atoms with E-state index < -0.39 is 10.0 Å². The Morgan fingerprint density at radius 3 is 2.82 bits per heavy atom. The normalized spacial score (nSPS) is 12.6. The molecule has 2 rings (SSSR count). The van der Waals surface area contributed by atoms with E-state index >= 15 is 0 Å². The van der Waals surface area contributed by atoms with Crippen molar-refractivity contribution in [2.45, 2.75) is 24.3 Å². The van der Waals surface area contributed by atoms with E-state index in [9.17, 15) is 13.5 Å². The number of ether oxygens (including phenoxy) is 1. The maximum Gasteiger partial charge on any atom is 0.240 e. The summed E-state index contributed by atoms with van der Waals surface area (Å²) in [5, 5.41) is 15.5. The molecule has 0 aliphatic heterocycles. The highest BCUT2D eigenvalue weighted by Gasteiger charge is 2.15. The van der Waals surface area contributed by atoms with Gasteiger partial charge in [-0.05, 0) is 40.5 Å². The first-order valence-electron chi connectivity index (χ1n) is 8.65. The smallest absolute Gasteiger partial charge is 0.240 e. The van der Waals surface area contributed by atoms with Gasteiger partial charge in [-0.2, -0.15) is 4.98 Å². The van der Waals surface area contributed by atoms with Crippen molar-refractivity contribution < 1.29 is 18.3 Å². The standard InChI is InChI=1S/C17H24BrN5O4S/c1-3-12(11-24)21-16-15(18)10-19-17(23-16)22-13-5-4-6-14(9-13)28(25,26)20-7-8-27-2/h4-6,9-10,12,20,24H,3,7-8,11H2,1-2H3,(H2,19,21,22,23)/t12-/m1/s1. The molecule has 1 heterocycles. The minimum Gasteiger partial charge on any atom is -0.394 e. The van der Waals surface area contributed by atoms with E-state index in [2.05, 4.69) is 41.3 Å². The van der Waals surface area contributed by atoms with Crippen LogP contribution in [0.4, 0.5) is 17.5 Å². The molecule has 0 bridgehead atoms. The van der Waals surface area contributed by atoms with Crippen molar-refractivity contribution in [2.75, 3.05) is 37.5 Å². The topological polar surface area (TPSA) is 125 Å². The van der Waals surface area contributed by atoms with Crippen LogP contribution in [-0.2, 0) is 14.8 Å². The summed E-state index contributed by atoms with van der Waals surface area (Å²) in [7, 11) is -2.14. The summed E-state index contributed by atoms with van der Waals surface area (Å²) in [5.74, 6) is 0.823. The molecule has 0 fully saturated rings. The Morgan fingerprint density at radius 1 is 1.36 bits per heavy atom. The maximum atomic E-state index is 12.3. The summed E-state index contributed by atoms with van der Waals surface area (Å²) >= 11 is 3.38. The van der Waals surface area contributed by atoms with Crippen LogP contribution in [0.25, 0.3) is 0 Å². The number of anilines is 3. The number of sulfonamides is 1.